The number of benzene rings is 12. The van der Waals surface area contributed by atoms with E-state index in [0.29, 0.717) is 0 Å². The van der Waals surface area contributed by atoms with Gasteiger partial charge in [-0.25, -0.2) is 0 Å². The van der Waals surface area contributed by atoms with Crippen molar-refractivity contribution in [2.45, 2.75) is 5.41 Å². The van der Waals surface area contributed by atoms with E-state index in [2.05, 4.69) is 264 Å². The Morgan fingerprint density at radius 1 is 0.304 bits per heavy atom. The first-order valence-electron chi connectivity index (χ1n) is 24.0. The lowest BCUT2D eigenvalue weighted by molar-refractivity contribution is 0.775. The molecule has 1 spiro atoms. The van der Waals surface area contributed by atoms with Crippen LogP contribution in [0, 0.1) is 0 Å². The van der Waals surface area contributed by atoms with Crippen LogP contribution in [-0.4, -0.2) is 4.57 Å². The predicted molar refractivity (Wildman–Crippen MR) is 290 cm³/mol. The van der Waals surface area contributed by atoms with E-state index in [-0.39, 0.29) is 0 Å². The maximum atomic E-state index is 2.55. The molecule has 2 aliphatic carbocycles. The number of anilines is 3. The van der Waals surface area contributed by atoms with Gasteiger partial charge in [-0.2, -0.15) is 0 Å². The fraction of sp³-hybridized carbons (Fsp3) is 0.0149. The fourth-order valence-corrected chi connectivity index (χ4v) is 12.6. The van der Waals surface area contributed by atoms with Crippen LogP contribution in [-0.2, 0) is 5.41 Å². The average Bonchev–Trinajstić information content (AvgIpc) is 3.90. The molecule has 0 saturated heterocycles. The second kappa shape index (κ2) is 14.5. The van der Waals surface area contributed by atoms with E-state index in [1.165, 1.54) is 110 Å². The van der Waals surface area contributed by atoms with Crippen molar-refractivity contribution in [2.24, 2.45) is 0 Å². The molecule has 2 heteroatoms. The number of aromatic nitrogens is 1. The van der Waals surface area contributed by atoms with Crippen LogP contribution in [0.2, 0.25) is 0 Å². The van der Waals surface area contributed by atoms with Gasteiger partial charge in [0.25, 0.3) is 0 Å². The molecule has 2 aliphatic rings. The third kappa shape index (κ3) is 5.26. The Kier molecular flexibility index (Phi) is 8.02. The highest BCUT2D eigenvalue weighted by atomic mass is 15.1. The van der Waals surface area contributed by atoms with Crippen LogP contribution in [0.5, 0.6) is 0 Å². The predicted octanol–water partition coefficient (Wildman–Crippen LogP) is 17.7. The van der Waals surface area contributed by atoms with E-state index < -0.39 is 5.41 Å². The Bertz CT molecular complexity index is 4260. The normalized spacial score (nSPS) is 14.4. The van der Waals surface area contributed by atoms with Crippen LogP contribution in [0.15, 0.2) is 255 Å². The molecule has 0 radical (unpaired) electrons. The zero-order chi connectivity index (χ0) is 45.2. The SMILES string of the molecule is c1ccc(-n2c3ccccc3c3ccc(N(c4ccc5c(c4)C4(c6ccccc6-5)c5ccccc5-c5cccc6ccc(-c7cccc8ccccc78)c4c56)c4cccc5ccccc45)cc32)cc1. The van der Waals surface area contributed by atoms with E-state index in [1.54, 1.807) is 0 Å². The third-order valence-electron chi connectivity index (χ3n) is 15.3. The summed E-state index contributed by atoms with van der Waals surface area (Å²) in [6.07, 6.45) is 0. The molecule has 12 aromatic carbocycles. The van der Waals surface area contributed by atoms with Gasteiger partial charge in [0.05, 0.1) is 22.1 Å². The Morgan fingerprint density at radius 3 is 1.65 bits per heavy atom. The molecule has 320 valence electrons. The van der Waals surface area contributed by atoms with Crippen molar-refractivity contribution in [3.05, 3.63) is 277 Å². The Hall–Kier alpha value is -8.98. The minimum atomic E-state index is -0.660. The Morgan fingerprint density at radius 2 is 0.841 bits per heavy atom. The zero-order valence-corrected chi connectivity index (χ0v) is 37.6. The molecule has 1 atom stereocenters. The summed E-state index contributed by atoms with van der Waals surface area (Å²) in [5.41, 5.74) is 19.1. The minimum absolute atomic E-state index is 0.660. The van der Waals surface area contributed by atoms with Crippen LogP contribution in [0.4, 0.5) is 17.1 Å². The van der Waals surface area contributed by atoms with Crippen LogP contribution in [0.1, 0.15) is 22.3 Å². The molecular formula is C67H42N2. The van der Waals surface area contributed by atoms with Crippen molar-refractivity contribution in [1.82, 2.24) is 4.57 Å². The van der Waals surface area contributed by atoms with Gasteiger partial charge in [-0.3, -0.25) is 0 Å². The van der Waals surface area contributed by atoms with Crippen molar-refractivity contribution < 1.29 is 0 Å². The number of nitrogens with zero attached hydrogens (tertiary/aromatic N) is 2. The van der Waals surface area contributed by atoms with Gasteiger partial charge in [0.15, 0.2) is 0 Å². The van der Waals surface area contributed by atoms with E-state index in [9.17, 15) is 0 Å². The second-order valence-electron chi connectivity index (χ2n) is 18.7. The topological polar surface area (TPSA) is 8.17 Å². The van der Waals surface area contributed by atoms with Gasteiger partial charge in [-0.15, -0.1) is 0 Å². The zero-order valence-electron chi connectivity index (χ0n) is 37.6. The number of hydrogen-bond donors (Lipinski definition) is 0. The molecule has 0 amide bonds. The monoisotopic (exact) mass is 874 g/mol. The highest BCUT2D eigenvalue weighted by Gasteiger charge is 2.51. The lowest BCUT2D eigenvalue weighted by Gasteiger charge is -2.42. The van der Waals surface area contributed by atoms with Crippen LogP contribution in [0.25, 0.3) is 93.2 Å². The average molecular weight is 875 g/mol. The molecule has 1 heterocycles. The molecule has 0 bridgehead atoms. The minimum Gasteiger partial charge on any atom is -0.310 e. The lowest BCUT2D eigenvalue weighted by Crippen LogP contribution is -2.32. The molecule has 1 unspecified atom stereocenters. The highest BCUT2D eigenvalue weighted by molar-refractivity contribution is 6.13. The standard InChI is InChI=1S/C67H42N2/c1-2-22-46(23-3-1)69-63-33-13-10-28-55(63)56-40-37-48(42-64(56)69)68(62-34-16-20-44-18-5-7-25-50(44)62)47-36-39-54-52-26-8-11-31-59(52)67(61(54)41-47)60-32-12-9-27-53(60)57-30-15-21-45-35-38-58(66(67)65(45)57)51-29-14-19-43-17-4-6-24-49(43)51/h1-42H. The fourth-order valence-electron chi connectivity index (χ4n) is 12.6. The summed E-state index contributed by atoms with van der Waals surface area (Å²) in [4.78, 5) is 2.51. The molecule has 13 aromatic rings. The summed E-state index contributed by atoms with van der Waals surface area (Å²) in [5.74, 6) is 0. The number of hydrogen-bond acceptors (Lipinski definition) is 1. The molecule has 1 aromatic heterocycles. The third-order valence-corrected chi connectivity index (χ3v) is 15.3. The van der Waals surface area contributed by atoms with Gasteiger partial charge >= 0.3 is 0 Å². The maximum Gasteiger partial charge on any atom is 0.0732 e. The van der Waals surface area contributed by atoms with Gasteiger partial charge < -0.3 is 9.47 Å². The van der Waals surface area contributed by atoms with E-state index >= 15 is 0 Å². The van der Waals surface area contributed by atoms with Crippen molar-refractivity contribution in [2.75, 3.05) is 4.90 Å². The summed E-state index contributed by atoms with van der Waals surface area (Å²) < 4.78 is 2.43. The smallest absolute Gasteiger partial charge is 0.0732 e. The van der Waals surface area contributed by atoms with Gasteiger partial charge in [0.2, 0.25) is 0 Å². The molecule has 0 N–H and O–H groups in total. The number of rotatable bonds is 5. The van der Waals surface area contributed by atoms with E-state index in [4.69, 9.17) is 0 Å². The van der Waals surface area contributed by atoms with Gasteiger partial charge in [-0.05, 0) is 131 Å². The van der Waals surface area contributed by atoms with Gasteiger partial charge in [0, 0.05) is 33.2 Å². The number of fused-ring (bicyclic) bond motifs is 14. The molecule has 0 fully saturated rings. The lowest BCUT2D eigenvalue weighted by atomic mass is 9.60. The van der Waals surface area contributed by atoms with Crippen molar-refractivity contribution in [3.8, 4) is 39.1 Å². The first kappa shape index (κ1) is 38.2. The van der Waals surface area contributed by atoms with Gasteiger partial charge in [-0.1, -0.05) is 206 Å². The Balaban J connectivity index is 1.07. The molecular weight excluding hydrogens is 833 g/mol. The first-order chi connectivity index (χ1) is 34.3. The van der Waals surface area contributed by atoms with E-state index in [0.717, 1.165) is 22.7 Å². The molecule has 69 heavy (non-hydrogen) atoms. The summed E-state index contributed by atoms with van der Waals surface area (Å²) in [7, 11) is 0. The van der Waals surface area contributed by atoms with Crippen molar-refractivity contribution >= 4 is 71.2 Å². The molecule has 0 saturated carbocycles. The maximum absolute atomic E-state index is 2.55. The summed E-state index contributed by atoms with van der Waals surface area (Å²) in [6, 6.07) is 95.3. The largest absolute Gasteiger partial charge is 0.310 e. The number of para-hydroxylation sites is 2. The summed E-state index contributed by atoms with van der Waals surface area (Å²) in [6.45, 7) is 0. The van der Waals surface area contributed by atoms with Crippen LogP contribution in [0.3, 0.4) is 0 Å². The van der Waals surface area contributed by atoms with Crippen molar-refractivity contribution in [3.63, 3.8) is 0 Å². The first-order valence-corrected chi connectivity index (χ1v) is 24.0. The summed E-state index contributed by atoms with van der Waals surface area (Å²) in [5, 5.41) is 9.94. The van der Waals surface area contributed by atoms with Gasteiger partial charge in [0.1, 0.15) is 0 Å². The van der Waals surface area contributed by atoms with Crippen LogP contribution >= 0.6 is 0 Å². The van der Waals surface area contributed by atoms with E-state index in [1.807, 2.05) is 0 Å². The molecule has 15 rings (SSSR count). The molecule has 0 aliphatic heterocycles. The quantitative estimate of drug-likeness (QED) is 0.167. The molecule has 2 nitrogen and oxygen atoms in total. The van der Waals surface area contributed by atoms with Crippen molar-refractivity contribution in [1.29, 1.82) is 0 Å². The second-order valence-corrected chi connectivity index (χ2v) is 18.7. The summed E-state index contributed by atoms with van der Waals surface area (Å²) >= 11 is 0. The van der Waals surface area contributed by atoms with Crippen LogP contribution < -0.4 is 4.90 Å². The highest BCUT2D eigenvalue weighted by Crippen LogP contribution is 2.64. The Labute approximate surface area is 400 Å².